The van der Waals surface area contributed by atoms with Crippen molar-refractivity contribution in [3.8, 4) is 0 Å². The summed E-state index contributed by atoms with van der Waals surface area (Å²) in [5.41, 5.74) is 0.837. The first-order valence-electron chi connectivity index (χ1n) is 6.84. The maximum Gasteiger partial charge on any atom is 0.137 e. The number of hydrogen-bond acceptors (Lipinski definition) is 3. The molecular weight excluding hydrogens is 258 g/mol. The minimum Gasteiger partial charge on any atom is -0.367 e. The van der Waals surface area contributed by atoms with E-state index < -0.39 is 0 Å². The summed E-state index contributed by atoms with van der Waals surface area (Å²) >= 11 is 6.24. The van der Waals surface area contributed by atoms with Crippen molar-refractivity contribution >= 4 is 17.4 Å². The lowest BCUT2D eigenvalue weighted by Crippen LogP contribution is -2.24. The Hall–Kier alpha value is -1.09. The molecule has 3 nitrogen and oxygen atoms in total. The van der Waals surface area contributed by atoms with E-state index in [4.69, 9.17) is 11.6 Å². The van der Waals surface area contributed by atoms with Crippen molar-refractivity contribution in [3.63, 3.8) is 0 Å². The number of halogens is 1. The third-order valence-corrected chi connectivity index (χ3v) is 3.74. The number of aromatic nitrogens is 2. The molecule has 1 aliphatic carbocycles. The van der Waals surface area contributed by atoms with Crippen LogP contribution in [0.3, 0.4) is 0 Å². The first kappa shape index (κ1) is 14.3. The lowest BCUT2D eigenvalue weighted by atomic mass is 9.95. The summed E-state index contributed by atoms with van der Waals surface area (Å²) in [4.78, 5) is 9.07. The molecule has 104 valence electrons. The van der Waals surface area contributed by atoms with Gasteiger partial charge in [-0.1, -0.05) is 44.5 Å². The number of hydrogen-bond donors (Lipinski definition) is 1. The molecule has 1 aliphatic rings. The predicted molar refractivity (Wildman–Crippen MR) is 80.9 cm³/mol. The van der Waals surface area contributed by atoms with E-state index in [1.165, 1.54) is 0 Å². The Balaban J connectivity index is 2.28. The third-order valence-electron chi connectivity index (χ3n) is 3.37. The normalized spacial score (nSPS) is 19.5. The van der Waals surface area contributed by atoms with Crippen LogP contribution in [0, 0.1) is 6.92 Å². The maximum atomic E-state index is 6.24. The van der Waals surface area contributed by atoms with Crippen LogP contribution in [0.4, 0.5) is 5.82 Å². The Bertz CT molecular complexity index is 489. The second-order valence-corrected chi connectivity index (χ2v) is 6.55. The van der Waals surface area contributed by atoms with Gasteiger partial charge in [-0.3, -0.25) is 0 Å². The van der Waals surface area contributed by atoms with Crippen molar-refractivity contribution < 1.29 is 0 Å². The van der Waals surface area contributed by atoms with Crippen molar-refractivity contribution in [2.75, 3.05) is 5.32 Å². The number of nitrogens with zero attached hydrogens (tertiary/aromatic N) is 2. The molecule has 0 fully saturated rings. The van der Waals surface area contributed by atoms with Gasteiger partial charge in [-0.15, -0.1) is 0 Å². The van der Waals surface area contributed by atoms with E-state index in [0.717, 1.165) is 36.5 Å². The van der Waals surface area contributed by atoms with E-state index >= 15 is 0 Å². The lowest BCUT2D eigenvalue weighted by Gasteiger charge is -2.24. The molecule has 4 heteroatoms. The highest BCUT2D eigenvalue weighted by Gasteiger charge is 2.21. The van der Waals surface area contributed by atoms with E-state index in [2.05, 4.69) is 48.2 Å². The Morgan fingerprint density at radius 2 is 2.00 bits per heavy atom. The van der Waals surface area contributed by atoms with Crippen LogP contribution in [0.2, 0.25) is 5.15 Å². The maximum absolute atomic E-state index is 6.24. The molecule has 0 amide bonds. The van der Waals surface area contributed by atoms with Crippen molar-refractivity contribution in [2.24, 2.45) is 0 Å². The van der Waals surface area contributed by atoms with Gasteiger partial charge in [0, 0.05) is 17.0 Å². The largest absolute Gasteiger partial charge is 0.367 e. The van der Waals surface area contributed by atoms with Crippen LogP contribution >= 0.6 is 11.6 Å². The molecule has 2 rings (SSSR count). The van der Waals surface area contributed by atoms with E-state index in [9.17, 15) is 0 Å². The molecule has 1 heterocycles. The third kappa shape index (κ3) is 3.47. The summed E-state index contributed by atoms with van der Waals surface area (Å²) in [5.74, 6) is 1.67. The van der Waals surface area contributed by atoms with Gasteiger partial charge < -0.3 is 5.32 Å². The monoisotopic (exact) mass is 279 g/mol. The SMILES string of the molecule is Cc1c(Cl)nc(C(C)(C)C)nc1NC1CC=CCC1. The zero-order valence-electron chi connectivity index (χ0n) is 12.1. The second-order valence-electron chi connectivity index (χ2n) is 6.19. The van der Waals surface area contributed by atoms with Crippen molar-refractivity contribution in [1.29, 1.82) is 0 Å². The summed E-state index contributed by atoms with van der Waals surface area (Å²) < 4.78 is 0. The summed E-state index contributed by atoms with van der Waals surface area (Å²) in [7, 11) is 0. The molecule has 1 aromatic rings. The Kier molecular flexibility index (Phi) is 4.14. The molecule has 19 heavy (non-hydrogen) atoms. The Labute approximate surface area is 120 Å². The van der Waals surface area contributed by atoms with Gasteiger partial charge in [0.05, 0.1) is 0 Å². The molecule has 0 saturated carbocycles. The fraction of sp³-hybridized carbons (Fsp3) is 0.600. The van der Waals surface area contributed by atoms with Crippen molar-refractivity contribution in [1.82, 2.24) is 9.97 Å². The molecular formula is C15H22ClN3. The summed E-state index contributed by atoms with van der Waals surface area (Å²) in [6, 6.07) is 0.447. The highest BCUT2D eigenvalue weighted by atomic mass is 35.5. The number of anilines is 1. The molecule has 1 atom stereocenters. The zero-order chi connectivity index (χ0) is 14.0. The molecule has 0 bridgehead atoms. The van der Waals surface area contributed by atoms with Gasteiger partial charge in [-0.2, -0.15) is 0 Å². The number of rotatable bonds is 2. The first-order valence-corrected chi connectivity index (χ1v) is 7.22. The Morgan fingerprint density at radius 1 is 1.26 bits per heavy atom. The van der Waals surface area contributed by atoms with Crippen LogP contribution in [-0.2, 0) is 5.41 Å². The van der Waals surface area contributed by atoms with Gasteiger partial charge in [0.2, 0.25) is 0 Å². The fourth-order valence-corrected chi connectivity index (χ4v) is 2.25. The van der Waals surface area contributed by atoms with Crippen molar-refractivity contribution in [2.45, 2.75) is 58.4 Å². The zero-order valence-corrected chi connectivity index (χ0v) is 12.9. The molecule has 0 aromatic carbocycles. The van der Waals surface area contributed by atoms with Gasteiger partial charge in [-0.25, -0.2) is 9.97 Å². The van der Waals surface area contributed by atoms with Crippen LogP contribution in [-0.4, -0.2) is 16.0 Å². The lowest BCUT2D eigenvalue weighted by molar-refractivity contribution is 0.543. The number of nitrogens with one attached hydrogen (secondary N) is 1. The molecule has 1 aromatic heterocycles. The Morgan fingerprint density at radius 3 is 2.58 bits per heavy atom. The van der Waals surface area contributed by atoms with Gasteiger partial charge in [0.1, 0.15) is 16.8 Å². The van der Waals surface area contributed by atoms with Crippen LogP contribution < -0.4 is 5.32 Å². The van der Waals surface area contributed by atoms with Gasteiger partial charge in [0.15, 0.2) is 0 Å². The van der Waals surface area contributed by atoms with Crippen LogP contribution in [0.5, 0.6) is 0 Å². The topological polar surface area (TPSA) is 37.8 Å². The minimum atomic E-state index is -0.0970. The molecule has 1 N–H and O–H groups in total. The molecule has 0 saturated heterocycles. The average Bonchev–Trinajstić information content (AvgIpc) is 2.34. The first-order chi connectivity index (χ1) is 8.88. The van der Waals surface area contributed by atoms with Crippen LogP contribution in [0.25, 0.3) is 0 Å². The highest BCUT2D eigenvalue weighted by molar-refractivity contribution is 6.30. The summed E-state index contributed by atoms with van der Waals surface area (Å²) in [5, 5.41) is 4.07. The second kappa shape index (κ2) is 5.49. The van der Waals surface area contributed by atoms with Gasteiger partial charge >= 0.3 is 0 Å². The molecule has 0 radical (unpaired) electrons. The van der Waals surface area contributed by atoms with E-state index in [1.54, 1.807) is 0 Å². The average molecular weight is 280 g/mol. The van der Waals surface area contributed by atoms with E-state index in [-0.39, 0.29) is 5.41 Å². The van der Waals surface area contributed by atoms with Crippen LogP contribution in [0.15, 0.2) is 12.2 Å². The van der Waals surface area contributed by atoms with Gasteiger partial charge in [0.25, 0.3) is 0 Å². The smallest absolute Gasteiger partial charge is 0.137 e. The van der Waals surface area contributed by atoms with Crippen molar-refractivity contribution in [3.05, 3.63) is 28.7 Å². The predicted octanol–water partition coefficient (Wildman–Crippen LogP) is 4.26. The highest BCUT2D eigenvalue weighted by Crippen LogP contribution is 2.27. The number of allylic oxidation sites excluding steroid dienone is 1. The standard InChI is InChI=1S/C15H22ClN3/c1-10-12(16)18-14(15(2,3)4)19-13(10)17-11-8-6-5-7-9-11/h5-6,11H,7-9H2,1-4H3,(H,17,18,19). The summed E-state index contributed by atoms with van der Waals surface area (Å²) in [6.07, 6.45) is 7.78. The minimum absolute atomic E-state index is 0.0970. The van der Waals surface area contributed by atoms with E-state index in [0.29, 0.717) is 11.2 Å². The van der Waals surface area contributed by atoms with Gasteiger partial charge in [-0.05, 0) is 26.2 Å². The van der Waals surface area contributed by atoms with E-state index in [1.807, 2.05) is 6.92 Å². The van der Waals surface area contributed by atoms with Crippen LogP contribution in [0.1, 0.15) is 51.4 Å². The fourth-order valence-electron chi connectivity index (χ4n) is 2.08. The quantitative estimate of drug-likeness (QED) is 0.649. The molecule has 1 unspecified atom stereocenters. The summed E-state index contributed by atoms with van der Waals surface area (Å²) in [6.45, 7) is 8.26. The molecule has 0 aliphatic heterocycles. The molecule has 0 spiro atoms.